The molecule has 0 atom stereocenters. The average molecular weight is 587 g/mol. The third-order valence-electron chi connectivity index (χ3n) is 7.65. The number of anilines is 2. The lowest BCUT2D eigenvalue weighted by molar-refractivity contribution is -0.131. The first kappa shape index (κ1) is 28.3. The molecular weight excluding hydrogens is 555 g/mol. The highest BCUT2D eigenvalue weighted by Crippen LogP contribution is 2.47. The van der Waals surface area contributed by atoms with Gasteiger partial charge in [0.25, 0.3) is 5.91 Å². The van der Waals surface area contributed by atoms with Crippen molar-refractivity contribution in [1.29, 1.82) is 0 Å². The number of ether oxygens (including phenoxy) is 2. The molecule has 0 radical (unpaired) electrons. The van der Waals surface area contributed by atoms with Gasteiger partial charge in [0, 0.05) is 37.2 Å². The summed E-state index contributed by atoms with van der Waals surface area (Å²) in [6, 6.07) is 15.6. The van der Waals surface area contributed by atoms with E-state index >= 15 is 0 Å². The van der Waals surface area contributed by atoms with Crippen LogP contribution >= 0.6 is 0 Å². The molecule has 12 heteroatoms. The number of carbonyl (C=O) groups excluding carboxylic acids is 3. The molecule has 2 aromatic heterocycles. The summed E-state index contributed by atoms with van der Waals surface area (Å²) >= 11 is 0. The second-order valence-electron chi connectivity index (χ2n) is 10.5. The second kappa shape index (κ2) is 11.8. The maximum absolute atomic E-state index is 13.3. The number of amides is 3. The number of rotatable bonds is 9. The predicted octanol–water partition coefficient (Wildman–Crippen LogP) is 4.56. The smallest absolute Gasteiger partial charge is 0.284 e. The average Bonchev–Trinajstić information content (AvgIpc) is 3.73. The number of aromatic nitrogens is 2. The number of hydrazine groups is 1. The first-order valence-electron chi connectivity index (χ1n) is 14.1. The minimum atomic E-state index is -1.16. The SMILES string of the molecule is CCN(C(=O)c1cc2c(Oc3ccc(NC(=O)C4(C(=O)Nc5ccc(F)cc5)CC4)cc3)ccnc2[nH]1)N1CCOCC1. The Morgan fingerprint density at radius 3 is 2.23 bits per heavy atom. The van der Waals surface area contributed by atoms with Crippen LogP contribution in [0.3, 0.4) is 0 Å². The van der Waals surface area contributed by atoms with Crippen LogP contribution in [-0.4, -0.2) is 70.6 Å². The van der Waals surface area contributed by atoms with Gasteiger partial charge < -0.3 is 25.1 Å². The number of hydrogen-bond acceptors (Lipinski definition) is 7. The Morgan fingerprint density at radius 2 is 1.63 bits per heavy atom. The van der Waals surface area contributed by atoms with E-state index in [9.17, 15) is 18.8 Å². The number of halogens is 1. The molecule has 6 rings (SSSR count). The highest BCUT2D eigenvalue weighted by atomic mass is 19.1. The Morgan fingerprint density at radius 1 is 1.00 bits per heavy atom. The number of aromatic amines is 1. The molecule has 1 saturated carbocycles. The summed E-state index contributed by atoms with van der Waals surface area (Å²) in [6.07, 6.45) is 2.45. The fourth-order valence-electron chi connectivity index (χ4n) is 5.06. The zero-order valence-corrected chi connectivity index (χ0v) is 23.6. The largest absolute Gasteiger partial charge is 0.457 e. The van der Waals surface area contributed by atoms with E-state index in [0.717, 1.165) is 0 Å². The Hall–Kier alpha value is -4.81. The van der Waals surface area contributed by atoms with Gasteiger partial charge in [0.2, 0.25) is 11.8 Å². The van der Waals surface area contributed by atoms with E-state index in [1.54, 1.807) is 47.6 Å². The molecule has 11 nitrogen and oxygen atoms in total. The number of pyridine rings is 1. The van der Waals surface area contributed by atoms with Crippen LogP contribution in [0, 0.1) is 11.2 Å². The summed E-state index contributed by atoms with van der Waals surface area (Å²) in [6.45, 7) is 4.90. The Bertz CT molecular complexity index is 1650. The van der Waals surface area contributed by atoms with Crippen molar-refractivity contribution in [2.45, 2.75) is 19.8 Å². The number of H-pyrrole nitrogens is 1. The molecule has 0 unspecified atom stereocenters. The Balaban J connectivity index is 1.11. The molecule has 4 aromatic rings. The highest BCUT2D eigenvalue weighted by molar-refractivity contribution is 6.16. The molecule has 0 bridgehead atoms. The van der Waals surface area contributed by atoms with E-state index < -0.39 is 23.0 Å². The molecule has 2 aromatic carbocycles. The van der Waals surface area contributed by atoms with Gasteiger partial charge in [-0.2, -0.15) is 0 Å². The van der Waals surface area contributed by atoms with Crippen molar-refractivity contribution < 1.29 is 28.2 Å². The number of morpholine rings is 1. The molecule has 43 heavy (non-hydrogen) atoms. The van der Waals surface area contributed by atoms with E-state index in [1.165, 1.54) is 24.3 Å². The van der Waals surface area contributed by atoms with Crippen LogP contribution in [0.4, 0.5) is 15.8 Å². The third kappa shape index (κ3) is 5.92. The minimum Gasteiger partial charge on any atom is -0.457 e. The van der Waals surface area contributed by atoms with Crippen LogP contribution in [0.15, 0.2) is 66.9 Å². The zero-order chi connectivity index (χ0) is 30.0. The predicted molar refractivity (Wildman–Crippen MR) is 157 cm³/mol. The van der Waals surface area contributed by atoms with E-state index in [-0.39, 0.29) is 5.91 Å². The number of nitrogens with one attached hydrogen (secondary N) is 3. The van der Waals surface area contributed by atoms with Crippen LogP contribution < -0.4 is 15.4 Å². The van der Waals surface area contributed by atoms with E-state index in [2.05, 4.69) is 20.6 Å². The summed E-state index contributed by atoms with van der Waals surface area (Å²) < 4.78 is 24.7. The third-order valence-corrected chi connectivity index (χ3v) is 7.65. The summed E-state index contributed by atoms with van der Waals surface area (Å²) in [7, 11) is 0. The van der Waals surface area contributed by atoms with Crippen LogP contribution in [0.1, 0.15) is 30.3 Å². The normalized spacial score (nSPS) is 16.0. The van der Waals surface area contributed by atoms with Crippen molar-refractivity contribution >= 4 is 40.1 Å². The van der Waals surface area contributed by atoms with Gasteiger partial charge in [0.15, 0.2) is 0 Å². The van der Waals surface area contributed by atoms with Crippen molar-refractivity contribution in [3.8, 4) is 11.5 Å². The van der Waals surface area contributed by atoms with Gasteiger partial charge >= 0.3 is 0 Å². The fraction of sp³-hybridized carbons (Fsp3) is 0.290. The van der Waals surface area contributed by atoms with Crippen molar-refractivity contribution in [3.63, 3.8) is 0 Å². The lowest BCUT2D eigenvalue weighted by atomic mass is 10.0. The lowest BCUT2D eigenvalue weighted by Gasteiger charge is -2.36. The van der Waals surface area contributed by atoms with Gasteiger partial charge in [0.1, 0.15) is 34.1 Å². The van der Waals surface area contributed by atoms with Gasteiger partial charge in [0.05, 0.1) is 18.6 Å². The summed E-state index contributed by atoms with van der Waals surface area (Å²) in [5.74, 6) is -0.366. The van der Waals surface area contributed by atoms with E-state index in [1.807, 2.05) is 11.9 Å². The molecule has 2 aliphatic rings. The van der Waals surface area contributed by atoms with Gasteiger partial charge in [-0.1, -0.05) is 0 Å². The second-order valence-corrected chi connectivity index (χ2v) is 10.5. The zero-order valence-electron chi connectivity index (χ0n) is 23.6. The van der Waals surface area contributed by atoms with Gasteiger partial charge in [-0.3, -0.25) is 19.4 Å². The van der Waals surface area contributed by atoms with E-state index in [0.29, 0.717) is 85.3 Å². The van der Waals surface area contributed by atoms with Crippen LogP contribution in [-0.2, 0) is 14.3 Å². The molecule has 1 saturated heterocycles. The summed E-state index contributed by atoms with van der Waals surface area (Å²) in [5.41, 5.74) is 0.704. The maximum atomic E-state index is 13.3. The minimum absolute atomic E-state index is 0.159. The van der Waals surface area contributed by atoms with Gasteiger partial charge in [-0.25, -0.2) is 14.4 Å². The highest BCUT2D eigenvalue weighted by Gasteiger charge is 2.56. The molecule has 1 aliphatic heterocycles. The quantitative estimate of drug-likeness (QED) is 0.245. The van der Waals surface area contributed by atoms with E-state index in [4.69, 9.17) is 9.47 Å². The number of hydrogen-bond donors (Lipinski definition) is 3. The molecular formula is C31H31FN6O5. The van der Waals surface area contributed by atoms with Gasteiger partial charge in [-0.15, -0.1) is 0 Å². The Kier molecular flexibility index (Phi) is 7.78. The lowest BCUT2D eigenvalue weighted by Crippen LogP contribution is -2.51. The van der Waals surface area contributed by atoms with Crippen LogP contribution in [0.5, 0.6) is 11.5 Å². The number of benzene rings is 2. The van der Waals surface area contributed by atoms with Crippen molar-refractivity contribution in [3.05, 3.63) is 78.4 Å². The number of nitrogens with zero attached hydrogens (tertiary/aromatic N) is 3. The standard InChI is InChI=1S/C31H31FN6O5/c1-2-38(37-15-17-42-18-16-37)28(39)25-19-24-26(11-14-33-27(24)36-25)43-23-9-7-22(8-10-23)35-30(41)31(12-13-31)29(40)34-21-5-3-20(32)4-6-21/h3-11,14,19H,2,12-13,15-18H2,1H3,(H,33,36)(H,34,40)(H,35,41). The number of fused-ring (bicyclic) bond motifs is 1. The summed E-state index contributed by atoms with van der Waals surface area (Å²) in [5, 5.41) is 9.87. The molecule has 222 valence electrons. The topological polar surface area (TPSA) is 129 Å². The van der Waals surface area contributed by atoms with Crippen LogP contribution in [0.2, 0.25) is 0 Å². The van der Waals surface area contributed by atoms with Crippen molar-refractivity contribution in [2.75, 3.05) is 43.5 Å². The molecule has 1 aliphatic carbocycles. The van der Waals surface area contributed by atoms with Gasteiger partial charge in [-0.05, 0) is 80.4 Å². The Labute approximate surface area is 246 Å². The maximum Gasteiger partial charge on any atom is 0.284 e. The first-order chi connectivity index (χ1) is 20.9. The molecule has 3 amide bonds. The van der Waals surface area contributed by atoms with Crippen molar-refractivity contribution in [2.24, 2.45) is 5.41 Å². The summed E-state index contributed by atoms with van der Waals surface area (Å²) in [4.78, 5) is 46.7. The van der Waals surface area contributed by atoms with Crippen molar-refractivity contribution in [1.82, 2.24) is 20.0 Å². The molecule has 0 spiro atoms. The van der Waals surface area contributed by atoms with Crippen LogP contribution in [0.25, 0.3) is 11.0 Å². The molecule has 3 heterocycles. The molecule has 3 N–H and O–H groups in total. The first-order valence-corrected chi connectivity index (χ1v) is 14.1. The fourth-order valence-corrected chi connectivity index (χ4v) is 5.06. The monoisotopic (exact) mass is 586 g/mol. The molecule has 2 fully saturated rings. The number of carbonyl (C=O) groups is 3.